The number of para-hydroxylation sites is 1. The molecule has 0 aliphatic carbocycles. The number of Topliss-reactive ketones (excluding diaryl/α,β-unsaturated/α-hetero) is 2. The van der Waals surface area contributed by atoms with Gasteiger partial charge in [-0.3, -0.25) is 14.4 Å². The van der Waals surface area contributed by atoms with Crippen molar-refractivity contribution in [3.8, 4) is 5.75 Å². The van der Waals surface area contributed by atoms with E-state index in [-0.39, 0.29) is 39.1 Å². The van der Waals surface area contributed by atoms with Crippen molar-refractivity contribution in [3.05, 3.63) is 99.5 Å². The lowest BCUT2D eigenvalue weighted by Crippen LogP contribution is -2.47. The summed E-state index contributed by atoms with van der Waals surface area (Å²) in [5, 5.41) is 24.4. The number of phenols is 1. The topological polar surface area (TPSA) is 133 Å². The van der Waals surface area contributed by atoms with Crippen molar-refractivity contribution in [2.45, 2.75) is 31.3 Å². The summed E-state index contributed by atoms with van der Waals surface area (Å²) in [5.74, 6) is -2.95. The van der Waals surface area contributed by atoms with Gasteiger partial charge >= 0.3 is 5.97 Å². The summed E-state index contributed by atoms with van der Waals surface area (Å²) >= 11 is 12.6. The number of nitrogens with one attached hydrogen (secondary N) is 2. The van der Waals surface area contributed by atoms with Crippen LogP contribution >= 0.6 is 23.2 Å². The minimum atomic E-state index is -1.56. The van der Waals surface area contributed by atoms with Crippen LogP contribution in [0.15, 0.2) is 67.2 Å². The van der Waals surface area contributed by atoms with E-state index in [4.69, 9.17) is 23.2 Å². The molecular formula is C29H24Cl2N2O6. The Morgan fingerprint density at radius 1 is 0.974 bits per heavy atom. The Hall–Kier alpha value is -4.14. The molecule has 1 aliphatic heterocycles. The van der Waals surface area contributed by atoms with Gasteiger partial charge in [0, 0.05) is 29.7 Å². The van der Waals surface area contributed by atoms with Gasteiger partial charge in [-0.15, -0.1) is 0 Å². The van der Waals surface area contributed by atoms with Crippen molar-refractivity contribution in [2.24, 2.45) is 0 Å². The first kappa shape index (κ1) is 27.9. The summed E-state index contributed by atoms with van der Waals surface area (Å²) in [4.78, 5) is 50.5. The summed E-state index contributed by atoms with van der Waals surface area (Å²) in [5.41, 5.74) is 2.74. The van der Waals surface area contributed by atoms with E-state index >= 15 is 0 Å². The third kappa shape index (κ3) is 6.30. The van der Waals surface area contributed by atoms with Gasteiger partial charge in [-0.1, -0.05) is 60.1 Å². The van der Waals surface area contributed by atoms with E-state index in [2.05, 4.69) is 17.2 Å². The summed E-state index contributed by atoms with van der Waals surface area (Å²) in [6.45, 7) is 3.93. The van der Waals surface area contributed by atoms with Crippen LogP contribution in [0.2, 0.25) is 10.0 Å². The van der Waals surface area contributed by atoms with Gasteiger partial charge in [0.2, 0.25) is 5.91 Å². The first-order chi connectivity index (χ1) is 18.5. The molecule has 0 spiro atoms. The molecule has 1 aliphatic rings. The van der Waals surface area contributed by atoms with E-state index in [1.165, 1.54) is 18.2 Å². The molecule has 0 saturated heterocycles. The molecule has 3 aromatic carbocycles. The van der Waals surface area contributed by atoms with E-state index in [9.17, 15) is 29.4 Å². The Balaban J connectivity index is 1.43. The van der Waals surface area contributed by atoms with Gasteiger partial charge in [0.1, 0.15) is 17.8 Å². The van der Waals surface area contributed by atoms with Crippen molar-refractivity contribution in [1.29, 1.82) is 0 Å². The van der Waals surface area contributed by atoms with Crippen LogP contribution in [0.4, 0.5) is 5.69 Å². The molecule has 0 fully saturated rings. The van der Waals surface area contributed by atoms with E-state index in [0.29, 0.717) is 17.7 Å². The molecule has 0 saturated carbocycles. The number of ketones is 2. The van der Waals surface area contributed by atoms with Crippen LogP contribution in [0.5, 0.6) is 5.75 Å². The van der Waals surface area contributed by atoms with Crippen LogP contribution < -0.4 is 10.6 Å². The number of carboxylic acid groups (broad SMARTS) is 1. The summed E-state index contributed by atoms with van der Waals surface area (Å²) in [6, 6.07) is 13.9. The van der Waals surface area contributed by atoms with Crippen LogP contribution in [0, 0.1) is 0 Å². The number of rotatable bonds is 10. The lowest BCUT2D eigenvalue weighted by atomic mass is 9.98. The van der Waals surface area contributed by atoms with E-state index in [0.717, 1.165) is 11.1 Å². The van der Waals surface area contributed by atoms with Crippen molar-refractivity contribution in [3.63, 3.8) is 0 Å². The fraction of sp³-hybridized carbons (Fsp3) is 0.172. The maximum atomic E-state index is 13.0. The van der Waals surface area contributed by atoms with Crippen LogP contribution in [0.1, 0.15) is 44.7 Å². The molecule has 1 amide bonds. The molecule has 0 bridgehead atoms. The number of phenolic OH excluding ortho intramolecular Hbond substituents is 1. The number of fused-ring (bicyclic) bond motifs is 1. The maximum absolute atomic E-state index is 13.0. The number of carbonyl (C=O) groups is 4. The summed E-state index contributed by atoms with van der Waals surface area (Å²) < 4.78 is 0. The van der Waals surface area contributed by atoms with Gasteiger partial charge in [-0.25, -0.2) is 4.79 Å². The minimum absolute atomic E-state index is 0.0966. The van der Waals surface area contributed by atoms with Gasteiger partial charge in [-0.2, -0.15) is 0 Å². The SMILES string of the molecule is C=C1c2ccccc2NC1C(=O)NC(CC(=O)c1c(Cl)cc(C(=O)CCc2cccc(O)c2)cc1Cl)C(=O)O. The average Bonchev–Trinajstić information content (AvgIpc) is 3.23. The lowest BCUT2D eigenvalue weighted by Gasteiger charge is -2.19. The highest BCUT2D eigenvalue weighted by molar-refractivity contribution is 6.40. The Morgan fingerprint density at radius 3 is 2.31 bits per heavy atom. The minimum Gasteiger partial charge on any atom is -0.508 e. The van der Waals surface area contributed by atoms with E-state index in [1.54, 1.807) is 42.5 Å². The molecule has 2 atom stereocenters. The molecule has 0 radical (unpaired) electrons. The Kier molecular flexibility index (Phi) is 8.38. The number of anilines is 1. The molecule has 200 valence electrons. The third-order valence-electron chi connectivity index (χ3n) is 6.38. The van der Waals surface area contributed by atoms with E-state index in [1.807, 2.05) is 0 Å². The Labute approximate surface area is 234 Å². The molecule has 10 heteroatoms. The number of halogens is 2. The van der Waals surface area contributed by atoms with Crippen molar-refractivity contribution < 1.29 is 29.4 Å². The van der Waals surface area contributed by atoms with Crippen molar-refractivity contribution in [2.75, 3.05) is 5.32 Å². The molecule has 1 heterocycles. The van der Waals surface area contributed by atoms with E-state index < -0.39 is 36.2 Å². The molecule has 4 rings (SSSR count). The van der Waals surface area contributed by atoms with Gasteiger partial charge < -0.3 is 20.8 Å². The quantitative estimate of drug-likeness (QED) is 0.249. The normalized spacial score (nSPS) is 14.7. The summed E-state index contributed by atoms with van der Waals surface area (Å²) in [7, 11) is 0. The number of carboxylic acids is 1. The van der Waals surface area contributed by atoms with Gasteiger partial charge in [0.25, 0.3) is 0 Å². The summed E-state index contributed by atoms with van der Waals surface area (Å²) in [6.07, 6.45) is -0.130. The predicted molar refractivity (Wildman–Crippen MR) is 149 cm³/mol. The fourth-order valence-electron chi connectivity index (χ4n) is 4.37. The highest BCUT2D eigenvalue weighted by atomic mass is 35.5. The monoisotopic (exact) mass is 566 g/mol. The van der Waals surface area contributed by atoms with Gasteiger partial charge in [0.15, 0.2) is 11.6 Å². The molecule has 2 unspecified atom stereocenters. The van der Waals surface area contributed by atoms with Crippen LogP contribution in [-0.2, 0) is 16.0 Å². The second-order valence-electron chi connectivity index (χ2n) is 9.08. The highest BCUT2D eigenvalue weighted by Gasteiger charge is 2.34. The maximum Gasteiger partial charge on any atom is 0.326 e. The average molecular weight is 567 g/mol. The molecule has 4 N–H and O–H groups in total. The number of amides is 1. The molecule has 0 aromatic heterocycles. The molecule has 8 nitrogen and oxygen atoms in total. The number of hydrogen-bond donors (Lipinski definition) is 4. The van der Waals surface area contributed by atoms with Crippen LogP contribution in [-0.4, -0.2) is 45.7 Å². The van der Waals surface area contributed by atoms with Gasteiger partial charge in [-0.05, 0) is 47.9 Å². The smallest absolute Gasteiger partial charge is 0.326 e. The number of hydrogen-bond acceptors (Lipinski definition) is 6. The zero-order chi connectivity index (χ0) is 28.3. The fourth-order valence-corrected chi connectivity index (χ4v) is 5.07. The van der Waals surface area contributed by atoms with Crippen LogP contribution in [0.3, 0.4) is 0 Å². The first-order valence-electron chi connectivity index (χ1n) is 12.0. The zero-order valence-electron chi connectivity index (χ0n) is 20.5. The number of aryl methyl sites for hydroxylation is 1. The zero-order valence-corrected chi connectivity index (χ0v) is 22.1. The predicted octanol–water partition coefficient (Wildman–Crippen LogP) is 5.16. The first-order valence-corrected chi connectivity index (χ1v) is 12.7. The second-order valence-corrected chi connectivity index (χ2v) is 9.90. The van der Waals surface area contributed by atoms with Crippen molar-refractivity contribution in [1.82, 2.24) is 5.32 Å². The third-order valence-corrected chi connectivity index (χ3v) is 6.98. The number of aliphatic carboxylic acids is 1. The molecule has 3 aromatic rings. The highest BCUT2D eigenvalue weighted by Crippen LogP contribution is 2.34. The number of carbonyl (C=O) groups excluding carboxylic acids is 3. The molecule has 39 heavy (non-hydrogen) atoms. The largest absolute Gasteiger partial charge is 0.508 e. The van der Waals surface area contributed by atoms with Crippen molar-refractivity contribution >= 4 is 57.9 Å². The molecular weight excluding hydrogens is 543 g/mol. The number of aromatic hydroxyl groups is 1. The number of benzene rings is 3. The van der Waals surface area contributed by atoms with Crippen LogP contribution in [0.25, 0.3) is 5.57 Å². The lowest BCUT2D eigenvalue weighted by molar-refractivity contribution is -0.141. The standard InChI is InChI=1S/C29H24Cl2N2O6/c1-15-19-7-2-3-8-22(19)32-27(15)28(37)33-23(29(38)39)14-25(36)26-20(30)12-17(13-21(26)31)24(35)10-9-16-5-4-6-18(34)11-16/h2-8,11-13,23,27,32,34H,1,9-10,14H2,(H,33,37)(H,38,39). The Bertz CT molecular complexity index is 1480. The second kappa shape index (κ2) is 11.7. The Morgan fingerprint density at radius 2 is 1.67 bits per heavy atom. The van der Waals surface area contributed by atoms with Gasteiger partial charge in [0.05, 0.1) is 15.6 Å².